The summed E-state index contributed by atoms with van der Waals surface area (Å²) < 4.78 is 37.8. The van der Waals surface area contributed by atoms with Gasteiger partial charge in [0, 0.05) is 25.8 Å². The zero-order chi connectivity index (χ0) is 17.3. The fourth-order valence-corrected chi connectivity index (χ4v) is 2.97. The molecule has 1 aliphatic heterocycles. The van der Waals surface area contributed by atoms with Gasteiger partial charge in [0.25, 0.3) is 5.91 Å². The van der Waals surface area contributed by atoms with Crippen LogP contribution in [0.2, 0.25) is 0 Å². The molecule has 0 spiro atoms. The predicted molar refractivity (Wildman–Crippen MR) is 81.0 cm³/mol. The van der Waals surface area contributed by atoms with Gasteiger partial charge in [0.15, 0.2) is 0 Å². The molecule has 23 heavy (non-hydrogen) atoms. The van der Waals surface area contributed by atoms with Crippen LogP contribution in [0.3, 0.4) is 0 Å². The van der Waals surface area contributed by atoms with Crippen LogP contribution in [0.15, 0.2) is 12.4 Å². The average Bonchev–Trinajstić information content (AvgIpc) is 2.92. The lowest BCUT2D eigenvalue weighted by Gasteiger charge is -2.38. The van der Waals surface area contributed by atoms with E-state index in [1.165, 1.54) is 17.1 Å². The quantitative estimate of drug-likeness (QED) is 0.846. The molecule has 1 amide bonds. The number of rotatable bonds is 3. The van der Waals surface area contributed by atoms with Crippen LogP contribution in [0.25, 0.3) is 0 Å². The van der Waals surface area contributed by atoms with E-state index in [4.69, 9.17) is 0 Å². The number of hydrogen-bond donors (Lipinski definition) is 0. The first-order valence-electron chi connectivity index (χ1n) is 7.95. The van der Waals surface area contributed by atoms with Crippen molar-refractivity contribution in [3.8, 4) is 0 Å². The van der Waals surface area contributed by atoms with Crippen LogP contribution < -0.4 is 0 Å². The lowest BCUT2D eigenvalue weighted by atomic mass is 9.75. The Morgan fingerprint density at radius 3 is 2.39 bits per heavy atom. The van der Waals surface area contributed by atoms with Gasteiger partial charge >= 0.3 is 6.18 Å². The molecule has 0 atom stereocenters. The maximum atomic E-state index is 12.4. The first-order valence-corrected chi connectivity index (χ1v) is 7.95. The molecule has 4 nitrogen and oxygen atoms in total. The van der Waals surface area contributed by atoms with Crippen LogP contribution in [-0.2, 0) is 6.54 Å². The molecule has 0 radical (unpaired) electrons. The molecule has 0 unspecified atom stereocenters. The SMILES string of the molecule is CC(C)(C)C1CCN(C(=O)c2cnn(CCC(F)(F)F)c2)CC1. The van der Waals surface area contributed by atoms with Gasteiger partial charge in [0.05, 0.1) is 18.2 Å². The van der Waals surface area contributed by atoms with E-state index in [1.807, 2.05) is 0 Å². The Kier molecular flexibility index (Phi) is 5.06. The van der Waals surface area contributed by atoms with E-state index in [1.54, 1.807) is 4.90 Å². The van der Waals surface area contributed by atoms with Crippen molar-refractivity contribution in [2.75, 3.05) is 13.1 Å². The van der Waals surface area contributed by atoms with Gasteiger partial charge in [-0.05, 0) is 24.2 Å². The van der Waals surface area contributed by atoms with Gasteiger partial charge in [0.1, 0.15) is 0 Å². The fraction of sp³-hybridized carbons (Fsp3) is 0.750. The Labute approximate surface area is 134 Å². The van der Waals surface area contributed by atoms with Crippen molar-refractivity contribution in [1.82, 2.24) is 14.7 Å². The monoisotopic (exact) mass is 331 g/mol. The number of aromatic nitrogens is 2. The summed E-state index contributed by atoms with van der Waals surface area (Å²) in [6.45, 7) is 7.74. The Bertz CT molecular complexity index is 538. The summed E-state index contributed by atoms with van der Waals surface area (Å²) in [4.78, 5) is 14.2. The molecule has 2 rings (SSSR count). The summed E-state index contributed by atoms with van der Waals surface area (Å²) in [7, 11) is 0. The van der Waals surface area contributed by atoms with E-state index >= 15 is 0 Å². The first kappa shape index (κ1) is 17.8. The number of piperidine rings is 1. The largest absolute Gasteiger partial charge is 0.390 e. The fourth-order valence-electron chi connectivity index (χ4n) is 2.97. The van der Waals surface area contributed by atoms with Gasteiger partial charge < -0.3 is 4.90 Å². The third kappa shape index (κ3) is 4.97. The van der Waals surface area contributed by atoms with Crippen molar-refractivity contribution >= 4 is 5.91 Å². The Morgan fingerprint density at radius 2 is 1.87 bits per heavy atom. The van der Waals surface area contributed by atoms with Crippen LogP contribution in [0.4, 0.5) is 13.2 Å². The van der Waals surface area contributed by atoms with Crippen LogP contribution in [-0.4, -0.2) is 39.9 Å². The van der Waals surface area contributed by atoms with Crippen LogP contribution >= 0.6 is 0 Å². The second kappa shape index (κ2) is 6.53. The number of aryl methyl sites for hydroxylation is 1. The molecule has 7 heteroatoms. The summed E-state index contributed by atoms with van der Waals surface area (Å²) in [5.74, 6) is 0.441. The molecule has 1 saturated heterocycles. The second-order valence-electron chi connectivity index (χ2n) is 7.29. The molecule has 1 aliphatic rings. The first-order chi connectivity index (χ1) is 10.6. The second-order valence-corrected chi connectivity index (χ2v) is 7.29. The highest BCUT2D eigenvalue weighted by Gasteiger charge is 2.31. The summed E-state index contributed by atoms with van der Waals surface area (Å²) in [6, 6.07) is 0. The molecule has 2 heterocycles. The lowest BCUT2D eigenvalue weighted by Crippen LogP contribution is -2.41. The average molecular weight is 331 g/mol. The van der Waals surface area contributed by atoms with E-state index < -0.39 is 12.6 Å². The topological polar surface area (TPSA) is 38.1 Å². The molecule has 0 bridgehead atoms. The van der Waals surface area contributed by atoms with Crippen molar-refractivity contribution in [3.05, 3.63) is 18.0 Å². The summed E-state index contributed by atoms with van der Waals surface area (Å²) in [5, 5.41) is 3.86. The molecule has 0 N–H and O–H groups in total. The summed E-state index contributed by atoms with van der Waals surface area (Å²) in [5.41, 5.74) is 0.596. The molecular formula is C16H24F3N3O. The van der Waals surface area contributed by atoms with Gasteiger partial charge in [-0.2, -0.15) is 18.3 Å². The minimum absolute atomic E-state index is 0.143. The molecule has 1 fully saturated rings. The lowest BCUT2D eigenvalue weighted by molar-refractivity contribution is -0.137. The van der Waals surface area contributed by atoms with Crippen molar-refractivity contribution in [2.24, 2.45) is 11.3 Å². The van der Waals surface area contributed by atoms with E-state index in [-0.39, 0.29) is 17.9 Å². The van der Waals surface area contributed by atoms with Crippen LogP contribution in [0.5, 0.6) is 0 Å². The number of carbonyl (C=O) groups is 1. The van der Waals surface area contributed by atoms with Gasteiger partial charge in [-0.1, -0.05) is 20.8 Å². The van der Waals surface area contributed by atoms with Gasteiger partial charge in [-0.25, -0.2) is 0 Å². The predicted octanol–water partition coefficient (Wildman–Crippen LogP) is 3.73. The van der Waals surface area contributed by atoms with Crippen molar-refractivity contribution < 1.29 is 18.0 Å². The minimum atomic E-state index is -4.22. The zero-order valence-corrected chi connectivity index (χ0v) is 13.9. The van der Waals surface area contributed by atoms with Crippen LogP contribution in [0, 0.1) is 11.3 Å². The standard InChI is InChI=1S/C16H24F3N3O/c1-15(2,3)13-4-7-21(8-5-13)14(23)12-10-20-22(11-12)9-6-16(17,18)19/h10-11,13H,4-9H2,1-3H3. The van der Waals surface area contributed by atoms with Gasteiger partial charge in [-0.15, -0.1) is 0 Å². The van der Waals surface area contributed by atoms with E-state index in [0.717, 1.165) is 12.8 Å². The maximum Gasteiger partial charge on any atom is 0.390 e. The van der Waals surface area contributed by atoms with E-state index in [2.05, 4.69) is 25.9 Å². The molecular weight excluding hydrogens is 307 g/mol. The number of alkyl halides is 3. The number of carbonyl (C=O) groups excluding carboxylic acids is 1. The highest BCUT2D eigenvalue weighted by molar-refractivity contribution is 5.93. The van der Waals surface area contributed by atoms with E-state index in [9.17, 15) is 18.0 Å². The number of amides is 1. The summed E-state index contributed by atoms with van der Waals surface area (Å²) in [6.07, 6.45) is -0.488. The van der Waals surface area contributed by atoms with Crippen molar-refractivity contribution in [3.63, 3.8) is 0 Å². The minimum Gasteiger partial charge on any atom is -0.339 e. The molecule has 0 aromatic carbocycles. The molecule has 1 aromatic rings. The number of likely N-dealkylation sites (tertiary alicyclic amines) is 1. The Balaban J connectivity index is 1.91. The van der Waals surface area contributed by atoms with Gasteiger partial charge in [-0.3, -0.25) is 9.48 Å². The molecule has 1 aromatic heterocycles. The van der Waals surface area contributed by atoms with Crippen molar-refractivity contribution in [1.29, 1.82) is 0 Å². The number of hydrogen-bond acceptors (Lipinski definition) is 2. The highest BCUT2D eigenvalue weighted by atomic mass is 19.4. The third-order valence-electron chi connectivity index (χ3n) is 4.51. The van der Waals surface area contributed by atoms with Crippen molar-refractivity contribution in [2.45, 2.75) is 52.8 Å². The van der Waals surface area contributed by atoms with Crippen LogP contribution in [0.1, 0.15) is 50.4 Å². The molecule has 0 saturated carbocycles. The van der Waals surface area contributed by atoms with E-state index in [0.29, 0.717) is 24.6 Å². The van der Waals surface area contributed by atoms with Gasteiger partial charge in [0.2, 0.25) is 0 Å². The Hall–Kier alpha value is -1.53. The summed E-state index contributed by atoms with van der Waals surface area (Å²) >= 11 is 0. The molecule has 130 valence electrons. The Morgan fingerprint density at radius 1 is 1.26 bits per heavy atom. The zero-order valence-electron chi connectivity index (χ0n) is 13.9. The number of nitrogens with zero attached hydrogens (tertiary/aromatic N) is 3. The maximum absolute atomic E-state index is 12.4. The molecule has 0 aliphatic carbocycles. The third-order valence-corrected chi connectivity index (χ3v) is 4.51. The number of halogens is 3. The highest BCUT2D eigenvalue weighted by Crippen LogP contribution is 2.34. The normalized spacial score (nSPS) is 17.6. The smallest absolute Gasteiger partial charge is 0.339 e.